The molecule has 1 atom stereocenters. The predicted molar refractivity (Wildman–Crippen MR) is 59.9 cm³/mol. The first-order valence-electron chi connectivity index (χ1n) is 5.03. The molecule has 0 radical (unpaired) electrons. The van der Waals surface area contributed by atoms with Crippen molar-refractivity contribution in [2.45, 2.75) is 17.4 Å². The fraction of sp³-hybridized carbons (Fsp3) is 0.300. The quantitative estimate of drug-likeness (QED) is 0.624. The van der Waals surface area contributed by atoms with Gasteiger partial charge in [0.25, 0.3) is 10.1 Å². The maximum Gasteiger partial charge on any atom is 0.294 e. The minimum absolute atomic E-state index is 0.150. The molecule has 0 saturated heterocycles. The minimum atomic E-state index is -4.27. The van der Waals surface area contributed by atoms with E-state index in [9.17, 15) is 13.2 Å². The number of nitrogens with two attached hydrogens (primary N) is 1. The van der Waals surface area contributed by atoms with Gasteiger partial charge >= 0.3 is 0 Å². The second-order valence-electron chi connectivity index (χ2n) is 3.84. The van der Waals surface area contributed by atoms with Crippen LogP contribution in [0, 0.1) is 0 Å². The second kappa shape index (κ2) is 4.10. The molecule has 0 saturated carbocycles. The van der Waals surface area contributed by atoms with E-state index in [-0.39, 0.29) is 4.90 Å². The average Bonchev–Trinajstić information content (AvgIpc) is 2.26. The van der Waals surface area contributed by atoms with Gasteiger partial charge in [-0.3, -0.25) is 9.35 Å². The SMILES string of the molecule is NC(=O)C1NCCc2c1cccc2S(=O)(=O)O. The summed E-state index contributed by atoms with van der Waals surface area (Å²) in [7, 11) is -4.27. The van der Waals surface area contributed by atoms with E-state index >= 15 is 0 Å². The Morgan fingerprint density at radius 1 is 1.47 bits per heavy atom. The summed E-state index contributed by atoms with van der Waals surface area (Å²) < 4.78 is 31.5. The van der Waals surface area contributed by atoms with Gasteiger partial charge in [0.15, 0.2) is 0 Å². The van der Waals surface area contributed by atoms with E-state index in [1.54, 1.807) is 6.07 Å². The van der Waals surface area contributed by atoms with Crippen molar-refractivity contribution in [3.05, 3.63) is 29.3 Å². The van der Waals surface area contributed by atoms with Crippen molar-refractivity contribution in [2.24, 2.45) is 5.73 Å². The summed E-state index contributed by atoms with van der Waals surface area (Å²) in [6, 6.07) is 3.72. The van der Waals surface area contributed by atoms with Gasteiger partial charge in [0, 0.05) is 6.54 Å². The lowest BCUT2D eigenvalue weighted by Crippen LogP contribution is -2.39. The van der Waals surface area contributed by atoms with E-state index in [4.69, 9.17) is 10.3 Å². The average molecular weight is 256 g/mol. The topological polar surface area (TPSA) is 109 Å². The van der Waals surface area contributed by atoms with Crippen molar-refractivity contribution in [3.63, 3.8) is 0 Å². The molecule has 0 spiro atoms. The molecule has 1 aliphatic rings. The highest BCUT2D eigenvalue weighted by molar-refractivity contribution is 7.85. The van der Waals surface area contributed by atoms with Gasteiger partial charge in [0.05, 0.1) is 4.90 Å². The Balaban J connectivity index is 2.63. The number of nitrogens with one attached hydrogen (secondary N) is 1. The molecule has 4 N–H and O–H groups in total. The zero-order valence-electron chi connectivity index (χ0n) is 8.88. The Hall–Kier alpha value is -1.44. The number of benzene rings is 1. The van der Waals surface area contributed by atoms with Crippen molar-refractivity contribution in [2.75, 3.05) is 6.54 Å². The Bertz CT molecular complexity index is 568. The predicted octanol–water partition coefficient (Wildman–Crippen LogP) is -0.395. The van der Waals surface area contributed by atoms with Crippen LogP contribution in [0.15, 0.2) is 23.1 Å². The Morgan fingerprint density at radius 2 is 2.18 bits per heavy atom. The minimum Gasteiger partial charge on any atom is -0.368 e. The van der Waals surface area contributed by atoms with Crippen molar-refractivity contribution in [3.8, 4) is 0 Å². The van der Waals surface area contributed by atoms with Crippen LogP contribution in [0.2, 0.25) is 0 Å². The zero-order valence-corrected chi connectivity index (χ0v) is 9.70. The van der Waals surface area contributed by atoms with Gasteiger partial charge < -0.3 is 11.1 Å². The van der Waals surface area contributed by atoms with Gasteiger partial charge in [-0.1, -0.05) is 12.1 Å². The lowest BCUT2D eigenvalue weighted by Gasteiger charge is -2.25. The number of hydrogen-bond donors (Lipinski definition) is 3. The standard InChI is InChI=1S/C10H12N2O4S/c11-10(13)9-7-2-1-3-8(17(14,15)16)6(7)4-5-12-9/h1-3,9,12H,4-5H2,(H2,11,13)(H,14,15,16). The lowest BCUT2D eigenvalue weighted by atomic mass is 9.94. The molecular formula is C10H12N2O4S. The molecule has 1 heterocycles. The van der Waals surface area contributed by atoms with E-state index < -0.39 is 22.1 Å². The summed E-state index contributed by atoms with van der Waals surface area (Å²) in [5.41, 5.74) is 6.20. The number of rotatable bonds is 2. The molecule has 0 bridgehead atoms. The Kier molecular flexibility index (Phi) is 2.90. The number of primary amides is 1. The first-order chi connectivity index (χ1) is 7.91. The summed E-state index contributed by atoms with van der Waals surface area (Å²) in [4.78, 5) is 11.1. The molecule has 0 aromatic heterocycles. The molecule has 7 heteroatoms. The van der Waals surface area contributed by atoms with Crippen molar-refractivity contribution < 1.29 is 17.8 Å². The maximum atomic E-state index is 11.2. The van der Waals surface area contributed by atoms with E-state index in [0.29, 0.717) is 24.1 Å². The molecule has 17 heavy (non-hydrogen) atoms. The molecule has 1 unspecified atom stereocenters. The monoisotopic (exact) mass is 256 g/mol. The van der Waals surface area contributed by atoms with Crippen LogP contribution in [0.3, 0.4) is 0 Å². The fourth-order valence-corrected chi connectivity index (χ4v) is 2.85. The summed E-state index contributed by atoms with van der Waals surface area (Å²) in [6.45, 7) is 0.438. The van der Waals surface area contributed by atoms with Gasteiger partial charge in [-0.15, -0.1) is 0 Å². The number of hydrogen-bond acceptors (Lipinski definition) is 4. The number of carbonyl (C=O) groups is 1. The van der Waals surface area contributed by atoms with Gasteiger partial charge in [-0.2, -0.15) is 8.42 Å². The van der Waals surface area contributed by atoms with Gasteiger partial charge in [0.1, 0.15) is 6.04 Å². The number of carbonyl (C=O) groups excluding carboxylic acids is 1. The van der Waals surface area contributed by atoms with Crippen LogP contribution in [0.1, 0.15) is 17.2 Å². The van der Waals surface area contributed by atoms with E-state index in [1.807, 2.05) is 0 Å². The third-order valence-electron chi connectivity index (χ3n) is 2.77. The highest BCUT2D eigenvalue weighted by atomic mass is 32.2. The fourth-order valence-electron chi connectivity index (χ4n) is 2.07. The van der Waals surface area contributed by atoms with E-state index in [0.717, 1.165) is 0 Å². The van der Waals surface area contributed by atoms with Gasteiger partial charge in [0.2, 0.25) is 5.91 Å². The molecular weight excluding hydrogens is 244 g/mol. The largest absolute Gasteiger partial charge is 0.368 e. The smallest absolute Gasteiger partial charge is 0.294 e. The molecule has 1 aromatic rings. The highest BCUT2D eigenvalue weighted by Crippen LogP contribution is 2.28. The molecule has 1 aromatic carbocycles. The van der Waals surface area contributed by atoms with Crippen LogP contribution in [-0.2, 0) is 21.3 Å². The highest BCUT2D eigenvalue weighted by Gasteiger charge is 2.28. The first-order valence-corrected chi connectivity index (χ1v) is 6.47. The van der Waals surface area contributed by atoms with E-state index in [1.165, 1.54) is 12.1 Å². The molecule has 0 fully saturated rings. The zero-order chi connectivity index (χ0) is 12.6. The summed E-state index contributed by atoms with van der Waals surface area (Å²) in [5, 5.41) is 2.90. The third kappa shape index (κ3) is 2.17. The molecule has 6 nitrogen and oxygen atoms in total. The number of amides is 1. The van der Waals surface area contributed by atoms with Gasteiger partial charge in [-0.25, -0.2) is 0 Å². The molecule has 92 valence electrons. The van der Waals surface area contributed by atoms with Crippen LogP contribution < -0.4 is 11.1 Å². The van der Waals surface area contributed by atoms with Crippen LogP contribution in [0.5, 0.6) is 0 Å². The summed E-state index contributed by atoms with van der Waals surface area (Å²) in [5.74, 6) is -0.571. The normalized spacial score (nSPS) is 19.7. The van der Waals surface area contributed by atoms with Crippen LogP contribution in [0.4, 0.5) is 0 Å². The van der Waals surface area contributed by atoms with Gasteiger partial charge in [-0.05, 0) is 23.6 Å². The summed E-state index contributed by atoms with van der Waals surface area (Å²) >= 11 is 0. The van der Waals surface area contributed by atoms with Crippen LogP contribution >= 0.6 is 0 Å². The van der Waals surface area contributed by atoms with E-state index in [2.05, 4.69) is 5.32 Å². The maximum absolute atomic E-state index is 11.2. The second-order valence-corrected chi connectivity index (χ2v) is 5.23. The third-order valence-corrected chi connectivity index (χ3v) is 3.70. The lowest BCUT2D eigenvalue weighted by molar-refractivity contribution is -0.120. The van der Waals surface area contributed by atoms with Crippen LogP contribution in [0.25, 0.3) is 0 Å². The summed E-state index contributed by atoms with van der Waals surface area (Å²) in [6.07, 6.45) is 0.426. The number of fused-ring (bicyclic) bond motifs is 1. The molecule has 2 rings (SSSR count). The Labute approximate surface area is 98.6 Å². The molecule has 1 amide bonds. The van der Waals surface area contributed by atoms with Crippen molar-refractivity contribution in [1.82, 2.24) is 5.32 Å². The van der Waals surface area contributed by atoms with Crippen LogP contribution in [-0.4, -0.2) is 25.4 Å². The molecule has 0 aliphatic carbocycles. The first kappa shape index (κ1) is 12.0. The Morgan fingerprint density at radius 3 is 2.76 bits per heavy atom. The van der Waals surface area contributed by atoms with Crippen molar-refractivity contribution in [1.29, 1.82) is 0 Å². The molecule has 1 aliphatic heterocycles. The van der Waals surface area contributed by atoms with Crippen molar-refractivity contribution >= 4 is 16.0 Å².